The summed E-state index contributed by atoms with van der Waals surface area (Å²) in [6.45, 7) is 1.81. The van der Waals surface area contributed by atoms with E-state index in [1.165, 1.54) is 21.8 Å². The minimum absolute atomic E-state index is 0.0924. The van der Waals surface area contributed by atoms with Crippen LogP contribution in [0.1, 0.15) is 26.6 Å². The Hall–Kier alpha value is -2.65. The zero-order valence-corrected chi connectivity index (χ0v) is 15.9. The van der Waals surface area contributed by atoms with E-state index in [0.29, 0.717) is 9.90 Å². The lowest BCUT2D eigenvalue weighted by Crippen LogP contribution is -2.23. The Bertz CT molecular complexity index is 1210. The third kappa shape index (κ3) is 3.20. The quantitative estimate of drug-likeness (QED) is 0.511. The van der Waals surface area contributed by atoms with Gasteiger partial charge in [-0.05, 0) is 30.7 Å². The summed E-state index contributed by atoms with van der Waals surface area (Å²) < 4.78 is 40.9. The van der Waals surface area contributed by atoms with Crippen molar-refractivity contribution in [3.05, 3.63) is 63.4 Å². The standard InChI is InChI=1S/C18H12ClF3N4OS/c1-9-3-2-4-11-14(9)15(19)16(28-11)17(27)23-7-13-25-24-12-6-5-10(8-26(12)13)18(20,21)22/h2-6,8H,7H2,1H3,(H,23,27). The Labute approximate surface area is 165 Å². The first kappa shape index (κ1) is 18.7. The summed E-state index contributed by atoms with van der Waals surface area (Å²) in [5.41, 5.74) is 0.393. The number of alkyl halides is 3. The summed E-state index contributed by atoms with van der Waals surface area (Å²) in [4.78, 5) is 12.9. The van der Waals surface area contributed by atoms with Crippen LogP contribution in [-0.2, 0) is 12.7 Å². The molecule has 0 aliphatic carbocycles. The van der Waals surface area contributed by atoms with Gasteiger partial charge in [-0.3, -0.25) is 9.20 Å². The number of hydrogen-bond donors (Lipinski definition) is 1. The largest absolute Gasteiger partial charge is 0.417 e. The van der Waals surface area contributed by atoms with Gasteiger partial charge in [-0.1, -0.05) is 23.7 Å². The number of nitrogens with zero attached hydrogens (tertiary/aromatic N) is 3. The van der Waals surface area contributed by atoms with Crippen molar-refractivity contribution >= 4 is 44.6 Å². The second-order valence-corrected chi connectivity index (χ2v) is 7.57. The average Bonchev–Trinajstić information content (AvgIpc) is 3.20. The highest BCUT2D eigenvalue weighted by Gasteiger charge is 2.31. The molecule has 4 rings (SSSR count). The molecular formula is C18H12ClF3N4OS. The van der Waals surface area contributed by atoms with Crippen molar-refractivity contribution in [3.8, 4) is 0 Å². The van der Waals surface area contributed by atoms with Gasteiger partial charge in [0.25, 0.3) is 5.91 Å². The van der Waals surface area contributed by atoms with E-state index in [0.717, 1.165) is 27.9 Å². The monoisotopic (exact) mass is 424 g/mol. The van der Waals surface area contributed by atoms with E-state index in [2.05, 4.69) is 15.5 Å². The van der Waals surface area contributed by atoms with Crippen LogP contribution in [0.15, 0.2) is 36.5 Å². The fraction of sp³-hybridized carbons (Fsp3) is 0.167. The fourth-order valence-electron chi connectivity index (χ4n) is 2.89. The molecule has 1 amide bonds. The van der Waals surface area contributed by atoms with Gasteiger partial charge in [0.05, 0.1) is 17.1 Å². The maximum Gasteiger partial charge on any atom is 0.417 e. The first-order chi connectivity index (χ1) is 13.3. The smallest absolute Gasteiger partial charge is 0.344 e. The van der Waals surface area contributed by atoms with Gasteiger partial charge in [0.1, 0.15) is 4.88 Å². The Morgan fingerprint density at radius 3 is 2.75 bits per heavy atom. The Morgan fingerprint density at radius 1 is 1.25 bits per heavy atom. The predicted molar refractivity (Wildman–Crippen MR) is 101 cm³/mol. The van der Waals surface area contributed by atoms with Crippen LogP contribution < -0.4 is 5.32 Å². The number of hydrogen-bond acceptors (Lipinski definition) is 4. The van der Waals surface area contributed by atoms with Crippen molar-refractivity contribution in [1.29, 1.82) is 0 Å². The number of nitrogens with one attached hydrogen (secondary N) is 1. The molecule has 0 aliphatic rings. The normalized spacial score (nSPS) is 12.0. The molecule has 0 radical (unpaired) electrons. The Kier molecular flexibility index (Phi) is 4.51. The van der Waals surface area contributed by atoms with E-state index in [-0.39, 0.29) is 18.0 Å². The maximum absolute atomic E-state index is 12.9. The number of aryl methyl sites for hydroxylation is 1. The first-order valence-electron chi connectivity index (χ1n) is 8.12. The topological polar surface area (TPSA) is 59.3 Å². The number of fused-ring (bicyclic) bond motifs is 2. The molecule has 0 bridgehead atoms. The second kappa shape index (κ2) is 6.75. The number of aromatic nitrogens is 3. The molecule has 1 aromatic carbocycles. The van der Waals surface area contributed by atoms with Crippen LogP contribution in [0.2, 0.25) is 5.02 Å². The van der Waals surface area contributed by atoms with Gasteiger partial charge in [0.15, 0.2) is 11.5 Å². The van der Waals surface area contributed by atoms with Gasteiger partial charge in [-0.2, -0.15) is 13.2 Å². The maximum atomic E-state index is 12.9. The average molecular weight is 425 g/mol. The van der Waals surface area contributed by atoms with Crippen molar-refractivity contribution in [2.24, 2.45) is 0 Å². The summed E-state index contributed by atoms with van der Waals surface area (Å²) in [5.74, 6) is -0.239. The highest BCUT2D eigenvalue weighted by Crippen LogP contribution is 2.37. The highest BCUT2D eigenvalue weighted by molar-refractivity contribution is 7.21. The number of carbonyl (C=O) groups is 1. The first-order valence-corrected chi connectivity index (χ1v) is 9.32. The lowest BCUT2D eigenvalue weighted by molar-refractivity contribution is -0.137. The van der Waals surface area contributed by atoms with Crippen LogP contribution >= 0.6 is 22.9 Å². The van der Waals surface area contributed by atoms with Crippen molar-refractivity contribution in [3.63, 3.8) is 0 Å². The van der Waals surface area contributed by atoms with Crippen molar-refractivity contribution < 1.29 is 18.0 Å². The van der Waals surface area contributed by atoms with Crippen LogP contribution in [-0.4, -0.2) is 20.5 Å². The summed E-state index contributed by atoms with van der Waals surface area (Å²) in [6.07, 6.45) is -3.58. The minimum Gasteiger partial charge on any atom is -0.344 e. The van der Waals surface area contributed by atoms with E-state index in [1.807, 2.05) is 25.1 Å². The molecule has 10 heteroatoms. The van der Waals surface area contributed by atoms with Gasteiger partial charge in [-0.15, -0.1) is 21.5 Å². The number of benzene rings is 1. The molecule has 144 valence electrons. The zero-order chi connectivity index (χ0) is 20.1. The Morgan fingerprint density at radius 2 is 2.04 bits per heavy atom. The van der Waals surface area contributed by atoms with E-state index >= 15 is 0 Å². The van der Waals surface area contributed by atoms with Gasteiger partial charge in [0.2, 0.25) is 0 Å². The molecule has 0 aliphatic heterocycles. The van der Waals surface area contributed by atoms with Gasteiger partial charge in [0, 0.05) is 16.3 Å². The van der Waals surface area contributed by atoms with Crippen LogP contribution in [0.5, 0.6) is 0 Å². The molecule has 0 atom stereocenters. The summed E-state index contributed by atoms with van der Waals surface area (Å²) >= 11 is 7.63. The number of carbonyl (C=O) groups excluding carboxylic acids is 1. The minimum atomic E-state index is -4.48. The van der Waals surface area contributed by atoms with Gasteiger partial charge < -0.3 is 5.32 Å². The zero-order valence-electron chi connectivity index (χ0n) is 14.3. The number of rotatable bonds is 3. The van der Waals surface area contributed by atoms with Gasteiger partial charge in [-0.25, -0.2) is 0 Å². The van der Waals surface area contributed by atoms with Crippen LogP contribution in [0.3, 0.4) is 0 Å². The number of pyridine rings is 1. The van der Waals surface area contributed by atoms with E-state index < -0.39 is 17.6 Å². The molecule has 28 heavy (non-hydrogen) atoms. The summed E-state index contributed by atoms with van der Waals surface area (Å²) in [7, 11) is 0. The van der Waals surface area contributed by atoms with Crippen molar-refractivity contribution in [1.82, 2.24) is 19.9 Å². The van der Waals surface area contributed by atoms with E-state index in [9.17, 15) is 18.0 Å². The van der Waals surface area contributed by atoms with Crippen LogP contribution in [0.4, 0.5) is 13.2 Å². The third-order valence-electron chi connectivity index (χ3n) is 4.28. The van der Waals surface area contributed by atoms with Crippen LogP contribution in [0.25, 0.3) is 15.7 Å². The number of halogens is 4. The summed E-state index contributed by atoms with van der Waals surface area (Å²) in [6, 6.07) is 7.83. The molecular weight excluding hydrogens is 413 g/mol. The highest BCUT2D eigenvalue weighted by atomic mass is 35.5. The lowest BCUT2D eigenvalue weighted by atomic mass is 10.1. The number of amides is 1. The molecule has 1 N–H and O–H groups in total. The molecule has 3 aromatic heterocycles. The van der Waals surface area contributed by atoms with E-state index in [1.54, 1.807) is 0 Å². The van der Waals surface area contributed by atoms with Gasteiger partial charge >= 0.3 is 6.18 Å². The Balaban J connectivity index is 1.60. The third-order valence-corrected chi connectivity index (χ3v) is 5.92. The molecule has 4 aromatic rings. The molecule has 0 saturated heterocycles. The SMILES string of the molecule is Cc1cccc2sc(C(=O)NCc3nnc4ccc(C(F)(F)F)cn34)c(Cl)c12. The lowest BCUT2D eigenvalue weighted by Gasteiger charge is -2.08. The van der Waals surface area contributed by atoms with Crippen molar-refractivity contribution in [2.75, 3.05) is 0 Å². The second-order valence-electron chi connectivity index (χ2n) is 6.14. The predicted octanol–water partition coefficient (Wildman–Crippen LogP) is 4.85. The molecule has 0 unspecified atom stereocenters. The molecule has 0 saturated carbocycles. The molecule has 0 fully saturated rings. The molecule has 3 heterocycles. The molecule has 5 nitrogen and oxygen atoms in total. The summed E-state index contributed by atoms with van der Waals surface area (Å²) in [5, 5.41) is 11.5. The number of thiophene rings is 1. The van der Waals surface area contributed by atoms with Crippen LogP contribution in [0, 0.1) is 6.92 Å². The molecule has 0 spiro atoms. The van der Waals surface area contributed by atoms with E-state index in [4.69, 9.17) is 11.6 Å². The fourth-order valence-corrected chi connectivity index (χ4v) is 4.48. The van der Waals surface area contributed by atoms with Crippen molar-refractivity contribution in [2.45, 2.75) is 19.6 Å².